The quantitative estimate of drug-likeness (QED) is 0.806. The third-order valence-corrected chi connectivity index (χ3v) is 4.93. The number of nitrogens with one attached hydrogen (secondary N) is 1. The van der Waals surface area contributed by atoms with Crippen LogP contribution in [0, 0.1) is 12.8 Å². The fraction of sp³-hybridized carbons (Fsp3) is 0.368. The van der Waals surface area contributed by atoms with Crippen molar-refractivity contribution in [2.75, 3.05) is 7.05 Å². The highest BCUT2D eigenvalue weighted by atomic mass is 16.2. The van der Waals surface area contributed by atoms with Gasteiger partial charge in [0.1, 0.15) is 5.82 Å². The van der Waals surface area contributed by atoms with Crippen molar-refractivity contribution in [3.8, 4) is 0 Å². The number of aryl methyl sites for hydroxylation is 2. The van der Waals surface area contributed by atoms with Crippen molar-refractivity contribution in [1.82, 2.24) is 19.4 Å². The minimum Gasteiger partial charge on any atom is -0.361 e. The van der Waals surface area contributed by atoms with Gasteiger partial charge in [0, 0.05) is 44.9 Å². The molecule has 2 aromatic heterocycles. The Balaban J connectivity index is 1.49. The van der Waals surface area contributed by atoms with Gasteiger partial charge in [-0.3, -0.25) is 4.79 Å². The first-order valence-corrected chi connectivity index (χ1v) is 8.44. The number of rotatable bonds is 3. The lowest BCUT2D eigenvalue weighted by atomic mass is 9.96. The molecule has 0 aliphatic carbocycles. The zero-order chi connectivity index (χ0) is 16.7. The summed E-state index contributed by atoms with van der Waals surface area (Å²) in [5.41, 5.74) is 3.30. The van der Waals surface area contributed by atoms with Crippen LogP contribution in [-0.2, 0) is 24.3 Å². The molecule has 0 saturated heterocycles. The molecule has 0 spiro atoms. The molecule has 0 radical (unpaired) electrons. The average molecular weight is 322 g/mol. The maximum atomic E-state index is 12.9. The molecule has 1 N–H and O–H groups in total. The van der Waals surface area contributed by atoms with Crippen molar-refractivity contribution in [1.29, 1.82) is 0 Å². The second kappa shape index (κ2) is 5.82. The fourth-order valence-electron chi connectivity index (χ4n) is 3.71. The van der Waals surface area contributed by atoms with Gasteiger partial charge in [-0.25, -0.2) is 4.98 Å². The number of para-hydroxylation sites is 1. The number of aromatic nitrogens is 3. The number of amides is 1. The first-order chi connectivity index (χ1) is 11.6. The molecule has 1 unspecified atom stereocenters. The van der Waals surface area contributed by atoms with Crippen LogP contribution in [0.1, 0.15) is 23.5 Å². The van der Waals surface area contributed by atoms with Crippen molar-refractivity contribution >= 4 is 16.8 Å². The van der Waals surface area contributed by atoms with Gasteiger partial charge in [-0.05, 0) is 30.4 Å². The van der Waals surface area contributed by atoms with Gasteiger partial charge < -0.3 is 14.5 Å². The first-order valence-electron chi connectivity index (χ1n) is 8.44. The Morgan fingerprint density at radius 2 is 2.29 bits per heavy atom. The highest BCUT2D eigenvalue weighted by Crippen LogP contribution is 2.24. The van der Waals surface area contributed by atoms with Crippen LogP contribution in [0.15, 0.2) is 36.7 Å². The van der Waals surface area contributed by atoms with Crippen molar-refractivity contribution in [3.05, 3.63) is 53.7 Å². The van der Waals surface area contributed by atoms with Crippen molar-refractivity contribution in [2.45, 2.75) is 32.9 Å². The Kier molecular flexibility index (Phi) is 3.63. The smallest absolute Gasteiger partial charge is 0.226 e. The van der Waals surface area contributed by atoms with Crippen LogP contribution in [-0.4, -0.2) is 32.4 Å². The van der Waals surface area contributed by atoms with E-state index in [1.165, 1.54) is 5.39 Å². The molecule has 5 heteroatoms. The molecule has 1 aliphatic rings. The molecule has 124 valence electrons. The molecule has 0 fully saturated rings. The van der Waals surface area contributed by atoms with Crippen LogP contribution in [0.2, 0.25) is 0 Å². The largest absolute Gasteiger partial charge is 0.361 e. The van der Waals surface area contributed by atoms with Crippen LogP contribution < -0.4 is 0 Å². The van der Waals surface area contributed by atoms with E-state index >= 15 is 0 Å². The third-order valence-electron chi connectivity index (χ3n) is 4.93. The van der Waals surface area contributed by atoms with Crippen LogP contribution in [0.3, 0.4) is 0 Å². The summed E-state index contributed by atoms with van der Waals surface area (Å²) >= 11 is 0. The number of aromatic amines is 1. The molecule has 1 aliphatic heterocycles. The minimum absolute atomic E-state index is 0.0344. The highest BCUT2D eigenvalue weighted by Gasteiger charge is 2.28. The van der Waals surface area contributed by atoms with E-state index in [1.54, 1.807) is 0 Å². The minimum atomic E-state index is 0.0344. The topological polar surface area (TPSA) is 53.9 Å². The molecule has 5 nitrogen and oxygen atoms in total. The van der Waals surface area contributed by atoms with E-state index in [2.05, 4.69) is 38.9 Å². The Labute approximate surface area is 141 Å². The maximum absolute atomic E-state index is 12.9. The predicted octanol–water partition coefficient (Wildman–Crippen LogP) is 2.89. The number of nitrogens with zero attached hydrogens (tertiary/aromatic N) is 3. The Bertz CT molecular complexity index is 892. The first kappa shape index (κ1) is 15.0. The summed E-state index contributed by atoms with van der Waals surface area (Å²) < 4.78 is 2.18. The van der Waals surface area contributed by atoms with Gasteiger partial charge in [0.05, 0.1) is 11.2 Å². The molecule has 0 bridgehead atoms. The lowest BCUT2D eigenvalue weighted by Gasteiger charge is -2.27. The Morgan fingerprint density at radius 3 is 3.17 bits per heavy atom. The Morgan fingerprint density at radius 1 is 1.42 bits per heavy atom. The van der Waals surface area contributed by atoms with Crippen LogP contribution in [0.5, 0.6) is 0 Å². The number of H-pyrrole nitrogens is 1. The number of fused-ring (bicyclic) bond motifs is 2. The molecule has 0 saturated carbocycles. The number of imidazole rings is 1. The van der Waals surface area contributed by atoms with E-state index in [0.29, 0.717) is 6.54 Å². The van der Waals surface area contributed by atoms with Gasteiger partial charge in [-0.2, -0.15) is 0 Å². The maximum Gasteiger partial charge on any atom is 0.226 e. The van der Waals surface area contributed by atoms with Crippen LogP contribution in [0.25, 0.3) is 10.9 Å². The Hall–Kier alpha value is -2.56. The van der Waals surface area contributed by atoms with Crippen LogP contribution in [0.4, 0.5) is 0 Å². The normalized spacial score (nSPS) is 17.0. The summed E-state index contributed by atoms with van der Waals surface area (Å²) in [5, 5.41) is 1.18. The second-order valence-corrected chi connectivity index (χ2v) is 6.73. The second-order valence-electron chi connectivity index (χ2n) is 6.73. The number of carbonyl (C=O) groups is 1. The van der Waals surface area contributed by atoms with E-state index in [4.69, 9.17) is 0 Å². The summed E-state index contributed by atoms with van der Waals surface area (Å²) in [4.78, 5) is 22.5. The summed E-state index contributed by atoms with van der Waals surface area (Å²) in [5.74, 6) is 1.29. The van der Waals surface area contributed by atoms with Crippen molar-refractivity contribution < 1.29 is 4.79 Å². The molecule has 1 aromatic carbocycles. The highest BCUT2D eigenvalue weighted by molar-refractivity contribution is 5.83. The van der Waals surface area contributed by atoms with Gasteiger partial charge in [0.2, 0.25) is 5.91 Å². The van der Waals surface area contributed by atoms with Gasteiger partial charge >= 0.3 is 0 Å². The molecule has 3 heterocycles. The predicted molar refractivity (Wildman–Crippen MR) is 93.5 cm³/mol. The fourth-order valence-corrected chi connectivity index (χ4v) is 3.71. The zero-order valence-electron chi connectivity index (χ0n) is 14.1. The zero-order valence-corrected chi connectivity index (χ0v) is 14.1. The van der Waals surface area contributed by atoms with E-state index in [1.807, 2.05) is 31.1 Å². The van der Waals surface area contributed by atoms with Crippen molar-refractivity contribution in [2.24, 2.45) is 5.92 Å². The molecular formula is C19H22N4O. The van der Waals surface area contributed by atoms with E-state index in [9.17, 15) is 4.79 Å². The lowest BCUT2D eigenvalue weighted by Crippen LogP contribution is -2.36. The van der Waals surface area contributed by atoms with Crippen molar-refractivity contribution in [3.63, 3.8) is 0 Å². The summed E-state index contributed by atoms with van der Waals surface area (Å²) in [6, 6.07) is 8.27. The lowest BCUT2D eigenvalue weighted by molar-refractivity contribution is -0.135. The monoisotopic (exact) mass is 322 g/mol. The molecule has 1 atom stereocenters. The van der Waals surface area contributed by atoms with Gasteiger partial charge in [-0.15, -0.1) is 0 Å². The molecule has 1 amide bonds. The standard InChI is InChI=1S/C19H22N4O/c1-13-11-23-9-7-15(10-17(23)21-13)19(24)22(2)12-16-5-3-4-14-6-8-20-18(14)16/h3-6,8,11,15,20H,7,9-10,12H2,1-2H3. The summed E-state index contributed by atoms with van der Waals surface area (Å²) in [6.07, 6.45) is 5.65. The average Bonchev–Trinajstić information content (AvgIpc) is 3.19. The summed E-state index contributed by atoms with van der Waals surface area (Å²) in [7, 11) is 1.90. The van der Waals surface area contributed by atoms with Crippen LogP contribution >= 0.6 is 0 Å². The third kappa shape index (κ3) is 2.60. The van der Waals surface area contributed by atoms with Gasteiger partial charge in [0.15, 0.2) is 0 Å². The van der Waals surface area contributed by atoms with E-state index in [0.717, 1.165) is 42.0 Å². The van der Waals surface area contributed by atoms with Gasteiger partial charge in [0.25, 0.3) is 0 Å². The molecule has 24 heavy (non-hydrogen) atoms. The number of hydrogen-bond donors (Lipinski definition) is 1. The summed E-state index contributed by atoms with van der Waals surface area (Å²) in [6.45, 7) is 3.51. The van der Waals surface area contributed by atoms with E-state index < -0.39 is 0 Å². The van der Waals surface area contributed by atoms with E-state index in [-0.39, 0.29) is 11.8 Å². The number of hydrogen-bond acceptors (Lipinski definition) is 2. The number of benzene rings is 1. The van der Waals surface area contributed by atoms with Gasteiger partial charge in [-0.1, -0.05) is 18.2 Å². The number of carbonyl (C=O) groups excluding carboxylic acids is 1. The molecular weight excluding hydrogens is 300 g/mol. The SMILES string of the molecule is Cc1cn2c(n1)CC(C(=O)N(C)Cc1cccc3cc[nH]c13)CC2. The molecule has 4 rings (SSSR count). The molecule has 3 aromatic rings.